The summed E-state index contributed by atoms with van der Waals surface area (Å²) in [4.78, 5) is 20.0. The summed E-state index contributed by atoms with van der Waals surface area (Å²) in [7, 11) is 1.27. The minimum atomic E-state index is -0.619. The molecule has 0 bridgehead atoms. The number of esters is 1. The molecule has 0 atom stereocenters. The van der Waals surface area contributed by atoms with Gasteiger partial charge in [-0.25, -0.2) is 19.2 Å². The fourth-order valence-electron chi connectivity index (χ4n) is 2.23. The molecule has 3 rings (SSSR count). The van der Waals surface area contributed by atoms with Gasteiger partial charge in [0.15, 0.2) is 0 Å². The topological polar surface area (TPSA) is 61.3 Å². The average Bonchev–Trinajstić information content (AvgIpc) is 2.69. The van der Waals surface area contributed by atoms with Crippen molar-refractivity contribution in [2.24, 2.45) is 0 Å². The van der Waals surface area contributed by atoms with Crippen LogP contribution in [0.4, 0.5) is 4.39 Å². The van der Waals surface area contributed by atoms with Gasteiger partial charge in [-0.3, -0.25) is 0 Å². The lowest BCUT2D eigenvalue weighted by molar-refractivity contribution is 0.0586. The molecule has 130 valence electrons. The van der Waals surface area contributed by atoms with Crippen LogP contribution in [0.2, 0.25) is 0 Å². The van der Waals surface area contributed by atoms with Gasteiger partial charge in [0, 0.05) is 5.56 Å². The Bertz CT molecular complexity index is 938. The van der Waals surface area contributed by atoms with Crippen LogP contribution in [-0.4, -0.2) is 23.0 Å². The summed E-state index contributed by atoms with van der Waals surface area (Å²) in [6.45, 7) is 3.67. The maximum Gasteiger partial charge on any atom is 0.376 e. The first kappa shape index (κ1) is 17.3. The predicted molar refractivity (Wildman–Crippen MR) is 95.4 cm³/mol. The van der Waals surface area contributed by atoms with Crippen LogP contribution in [0.15, 0.2) is 61.2 Å². The smallest absolute Gasteiger partial charge is 0.376 e. The Morgan fingerprint density at radius 2 is 1.65 bits per heavy atom. The van der Waals surface area contributed by atoms with Crippen molar-refractivity contribution < 1.29 is 18.7 Å². The Kier molecular flexibility index (Phi) is 5.03. The number of hydrogen-bond donors (Lipinski definition) is 0. The van der Waals surface area contributed by atoms with Crippen molar-refractivity contribution in [2.45, 2.75) is 0 Å². The predicted octanol–water partition coefficient (Wildman–Crippen LogP) is 4.50. The number of halogens is 1. The lowest BCUT2D eigenvalue weighted by atomic mass is 10.1. The monoisotopic (exact) mass is 350 g/mol. The first-order valence-corrected chi connectivity index (χ1v) is 7.73. The third-order valence-electron chi connectivity index (χ3n) is 3.52. The highest BCUT2D eigenvalue weighted by molar-refractivity contribution is 5.86. The molecular formula is C20H15FN2O3. The largest absolute Gasteiger partial charge is 0.463 e. The van der Waals surface area contributed by atoms with Crippen LogP contribution < -0.4 is 4.74 Å². The van der Waals surface area contributed by atoms with Gasteiger partial charge >= 0.3 is 5.97 Å². The molecule has 26 heavy (non-hydrogen) atoms. The lowest BCUT2D eigenvalue weighted by Gasteiger charge is -2.08. The summed E-state index contributed by atoms with van der Waals surface area (Å²) in [5, 5.41) is 0. The number of ether oxygens (including phenoxy) is 2. The highest BCUT2D eigenvalue weighted by Crippen LogP contribution is 2.25. The zero-order chi connectivity index (χ0) is 18.5. The summed E-state index contributed by atoms with van der Waals surface area (Å²) >= 11 is 0. The van der Waals surface area contributed by atoms with Gasteiger partial charge in [0.1, 0.15) is 17.3 Å². The van der Waals surface area contributed by atoms with Crippen molar-refractivity contribution in [3.63, 3.8) is 0 Å². The van der Waals surface area contributed by atoms with Crippen LogP contribution in [-0.2, 0) is 4.74 Å². The van der Waals surface area contributed by atoms with Crippen LogP contribution in [0, 0.1) is 5.82 Å². The third kappa shape index (κ3) is 3.92. The van der Waals surface area contributed by atoms with E-state index in [0.29, 0.717) is 22.9 Å². The molecule has 0 N–H and O–H groups in total. The van der Waals surface area contributed by atoms with E-state index in [0.717, 1.165) is 5.56 Å². The fraction of sp³-hybridized carbons (Fsp3) is 0.0500. The molecule has 0 fully saturated rings. The van der Waals surface area contributed by atoms with E-state index in [1.165, 1.54) is 25.3 Å². The van der Waals surface area contributed by atoms with Crippen molar-refractivity contribution >= 4 is 12.0 Å². The molecule has 0 aliphatic rings. The van der Waals surface area contributed by atoms with Gasteiger partial charge in [0.05, 0.1) is 18.5 Å². The van der Waals surface area contributed by atoms with E-state index in [4.69, 9.17) is 4.74 Å². The quantitative estimate of drug-likeness (QED) is 0.634. The van der Waals surface area contributed by atoms with Gasteiger partial charge in [0.2, 0.25) is 5.82 Å². The second-order valence-corrected chi connectivity index (χ2v) is 5.28. The summed E-state index contributed by atoms with van der Waals surface area (Å²) < 4.78 is 23.3. The molecule has 2 aromatic carbocycles. The zero-order valence-corrected chi connectivity index (χ0v) is 14.0. The molecule has 5 nitrogen and oxygen atoms in total. The SMILES string of the molecule is C=Cc1cc(-c2ccc(Oc3ccc(F)cc3)cc2)nc(C(=O)OC)n1. The van der Waals surface area contributed by atoms with Crippen molar-refractivity contribution in [3.05, 3.63) is 78.5 Å². The van der Waals surface area contributed by atoms with Crippen LogP contribution in [0.3, 0.4) is 0 Å². The Hall–Kier alpha value is -3.54. The van der Waals surface area contributed by atoms with Gasteiger partial charge in [-0.15, -0.1) is 0 Å². The molecular weight excluding hydrogens is 335 g/mol. The Morgan fingerprint density at radius 1 is 1.04 bits per heavy atom. The second-order valence-electron chi connectivity index (χ2n) is 5.28. The normalized spacial score (nSPS) is 10.2. The van der Waals surface area contributed by atoms with E-state index >= 15 is 0 Å². The average molecular weight is 350 g/mol. The molecule has 0 aliphatic carbocycles. The van der Waals surface area contributed by atoms with E-state index < -0.39 is 5.97 Å². The minimum Gasteiger partial charge on any atom is -0.463 e. The minimum absolute atomic E-state index is 0.0356. The molecule has 3 aromatic rings. The van der Waals surface area contributed by atoms with Gasteiger partial charge in [-0.1, -0.05) is 6.58 Å². The number of benzene rings is 2. The van der Waals surface area contributed by atoms with Gasteiger partial charge in [-0.2, -0.15) is 0 Å². The molecule has 0 amide bonds. The molecule has 0 aliphatic heterocycles. The number of hydrogen-bond acceptors (Lipinski definition) is 5. The molecule has 1 heterocycles. The van der Waals surface area contributed by atoms with Crippen molar-refractivity contribution in [2.75, 3.05) is 7.11 Å². The van der Waals surface area contributed by atoms with Crippen molar-refractivity contribution in [3.8, 4) is 22.8 Å². The highest BCUT2D eigenvalue weighted by atomic mass is 19.1. The number of nitrogens with zero attached hydrogens (tertiary/aromatic N) is 2. The van der Waals surface area contributed by atoms with Crippen molar-refractivity contribution in [1.82, 2.24) is 9.97 Å². The van der Waals surface area contributed by atoms with E-state index in [9.17, 15) is 9.18 Å². The van der Waals surface area contributed by atoms with E-state index in [1.54, 1.807) is 42.5 Å². The molecule has 1 aromatic heterocycles. The standard InChI is InChI=1S/C20H15FN2O3/c1-3-15-12-18(23-19(22-15)20(24)25-2)13-4-8-16(9-5-13)26-17-10-6-14(21)7-11-17/h3-12H,1H2,2H3. The first-order valence-electron chi connectivity index (χ1n) is 7.73. The Morgan fingerprint density at radius 3 is 2.23 bits per heavy atom. The van der Waals surface area contributed by atoms with Crippen LogP contribution >= 0.6 is 0 Å². The zero-order valence-electron chi connectivity index (χ0n) is 14.0. The molecule has 6 heteroatoms. The van der Waals surface area contributed by atoms with E-state index in [-0.39, 0.29) is 11.6 Å². The van der Waals surface area contributed by atoms with Crippen LogP contribution in [0.25, 0.3) is 17.3 Å². The summed E-state index contributed by atoms with van der Waals surface area (Å²) in [6, 6.07) is 14.6. The number of methoxy groups -OCH3 is 1. The second kappa shape index (κ2) is 7.57. The number of carbonyl (C=O) groups is 1. The third-order valence-corrected chi connectivity index (χ3v) is 3.52. The van der Waals surface area contributed by atoms with Gasteiger partial charge in [-0.05, 0) is 60.7 Å². The lowest BCUT2D eigenvalue weighted by Crippen LogP contribution is -2.09. The maximum absolute atomic E-state index is 12.9. The number of rotatable bonds is 5. The number of aromatic nitrogens is 2. The van der Waals surface area contributed by atoms with Gasteiger partial charge < -0.3 is 9.47 Å². The molecule has 0 saturated carbocycles. The summed E-state index contributed by atoms with van der Waals surface area (Å²) in [6.07, 6.45) is 1.53. The molecule has 0 saturated heterocycles. The highest BCUT2D eigenvalue weighted by Gasteiger charge is 2.13. The van der Waals surface area contributed by atoms with Crippen molar-refractivity contribution in [1.29, 1.82) is 0 Å². The van der Waals surface area contributed by atoms with Gasteiger partial charge in [0.25, 0.3) is 0 Å². The van der Waals surface area contributed by atoms with Crippen LogP contribution in [0.1, 0.15) is 16.3 Å². The maximum atomic E-state index is 12.9. The molecule has 0 spiro atoms. The van der Waals surface area contributed by atoms with E-state index in [1.807, 2.05) is 0 Å². The summed E-state index contributed by atoms with van der Waals surface area (Å²) in [5.41, 5.74) is 1.85. The van der Waals surface area contributed by atoms with E-state index in [2.05, 4.69) is 21.3 Å². The molecule has 0 radical (unpaired) electrons. The first-order chi connectivity index (χ1) is 12.6. The fourth-order valence-corrected chi connectivity index (χ4v) is 2.23. The Balaban J connectivity index is 1.87. The van der Waals surface area contributed by atoms with Crippen LogP contribution in [0.5, 0.6) is 11.5 Å². The molecule has 0 unspecified atom stereocenters. The Labute approximate surface area is 149 Å². The number of carbonyl (C=O) groups excluding carboxylic acids is 1. The summed E-state index contributed by atoms with van der Waals surface area (Å²) in [5.74, 6) is 0.142.